The maximum atomic E-state index is 8.96. The molecule has 7 nitrogen and oxygen atoms in total. The topological polar surface area (TPSA) is 85.3 Å². The Labute approximate surface area is 216 Å². The largest absolute Gasteiger partial charge is 0.341 e. The van der Waals surface area contributed by atoms with E-state index in [-0.39, 0.29) is 0 Å². The van der Waals surface area contributed by atoms with E-state index < -0.39 is 0 Å². The Bertz CT molecular complexity index is 976. The Kier molecular flexibility index (Phi) is 9.50. The highest BCUT2D eigenvalue weighted by Crippen LogP contribution is 2.30. The van der Waals surface area contributed by atoms with Crippen molar-refractivity contribution >= 4 is 11.6 Å². The number of rotatable bonds is 12. The second-order valence-electron chi connectivity index (χ2n) is 10.4. The highest BCUT2D eigenvalue weighted by molar-refractivity contribution is 5.59. The van der Waals surface area contributed by atoms with Crippen LogP contribution in [0.3, 0.4) is 0 Å². The molecular formula is C29H42N6O. The van der Waals surface area contributed by atoms with E-state index in [1.165, 1.54) is 48.8 Å². The molecule has 7 heteroatoms. The van der Waals surface area contributed by atoms with Crippen LogP contribution >= 0.6 is 0 Å². The van der Waals surface area contributed by atoms with Gasteiger partial charge in [0.25, 0.3) is 0 Å². The third-order valence-electron chi connectivity index (χ3n) is 7.77. The van der Waals surface area contributed by atoms with E-state index in [1.54, 1.807) is 12.4 Å². The Morgan fingerprint density at radius 1 is 1.00 bits per heavy atom. The monoisotopic (exact) mass is 490 g/mol. The van der Waals surface area contributed by atoms with Crippen LogP contribution in [0.25, 0.3) is 5.70 Å². The zero-order chi connectivity index (χ0) is 25.3. The molecule has 2 aromatic rings. The van der Waals surface area contributed by atoms with Gasteiger partial charge in [-0.3, -0.25) is 10.7 Å². The van der Waals surface area contributed by atoms with Gasteiger partial charge in [-0.1, -0.05) is 68.7 Å². The first-order valence-corrected chi connectivity index (χ1v) is 13.4. The molecule has 1 aromatic carbocycles. The third kappa shape index (κ3) is 7.38. The molecule has 1 atom stereocenters. The van der Waals surface area contributed by atoms with Crippen molar-refractivity contribution in [2.75, 3.05) is 18.0 Å². The van der Waals surface area contributed by atoms with Crippen LogP contribution in [0.2, 0.25) is 0 Å². The summed E-state index contributed by atoms with van der Waals surface area (Å²) in [5, 5.41) is 16.3. The van der Waals surface area contributed by atoms with Gasteiger partial charge in [0.15, 0.2) is 0 Å². The SMILES string of the molecule is C=C(NO)c1cnc(N2CCC(NCc3ccc(CNC(C)C(=C)CC4CCCC4)cc3)CC2)nc1. The van der Waals surface area contributed by atoms with Crippen molar-refractivity contribution < 1.29 is 5.21 Å². The predicted molar refractivity (Wildman–Crippen MR) is 147 cm³/mol. The van der Waals surface area contributed by atoms with Gasteiger partial charge in [-0.25, -0.2) is 9.97 Å². The molecule has 0 spiro atoms. The first kappa shape index (κ1) is 26.3. The maximum Gasteiger partial charge on any atom is 0.225 e. The zero-order valence-corrected chi connectivity index (χ0v) is 21.7. The van der Waals surface area contributed by atoms with E-state index in [0.29, 0.717) is 23.3 Å². The second kappa shape index (κ2) is 13.0. The summed E-state index contributed by atoms with van der Waals surface area (Å²) in [5.41, 5.74) is 7.09. The fraction of sp³-hybridized carbons (Fsp3) is 0.517. The molecule has 0 bridgehead atoms. The minimum absolute atomic E-state index is 0.359. The van der Waals surface area contributed by atoms with Crippen LogP contribution in [-0.2, 0) is 13.1 Å². The predicted octanol–water partition coefficient (Wildman–Crippen LogP) is 4.80. The highest BCUT2D eigenvalue weighted by atomic mass is 16.5. The van der Waals surface area contributed by atoms with Gasteiger partial charge in [-0.2, -0.15) is 0 Å². The lowest BCUT2D eigenvalue weighted by Crippen LogP contribution is -2.42. The Balaban J connectivity index is 1.15. The number of piperidine rings is 1. The summed E-state index contributed by atoms with van der Waals surface area (Å²) in [6.07, 6.45) is 12.2. The lowest BCUT2D eigenvalue weighted by molar-refractivity contribution is 0.225. The number of hydroxylamine groups is 1. The molecule has 4 N–H and O–H groups in total. The molecule has 36 heavy (non-hydrogen) atoms. The van der Waals surface area contributed by atoms with E-state index in [2.05, 4.69) is 69.8 Å². The quantitative estimate of drug-likeness (QED) is 0.251. The summed E-state index contributed by atoms with van der Waals surface area (Å²) in [6, 6.07) is 9.80. The number of nitrogens with one attached hydrogen (secondary N) is 3. The molecule has 0 amide bonds. The molecule has 2 heterocycles. The fourth-order valence-corrected chi connectivity index (χ4v) is 5.20. The van der Waals surface area contributed by atoms with Crippen LogP contribution in [0.4, 0.5) is 5.95 Å². The van der Waals surface area contributed by atoms with Crippen LogP contribution in [0.1, 0.15) is 68.6 Å². The first-order valence-electron chi connectivity index (χ1n) is 13.4. The van der Waals surface area contributed by atoms with Crippen LogP contribution in [0.15, 0.2) is 55.4 Å². The minimum Gasteiger partial charge on any atom is -0.341 e. The van der Waals surface area contributed by atoms with Crippen molar-refractivity contribution in [2.45, 2.75) is 77.0 Å². The molecule has 1 aliphatic carbocycles. The summed E-state index contributed by atoms with van der Waals surface area (Å²) >= 11 is 0. The van der Waals surface area contributed by atoms with Crippen molar-refractivity contribution in [3.63, 3.8) is 0 Å². The molecular weight excluding hydrogens is 448 g/mol. The van der Waals surface area contributed by atoms with Crippen LogP contribution < -0.4 is 21.0 Å². The molecule has 1 saturated carbocycles. The summed E-state index contributed by atoms with van der Waals surface area (Å²) in [4.78, 5) is 11.1. The summed E-state index contributed by atoms with van der Waals surface area (Å²) < 4.78 is 0. The van der Waals surface area contributed by atoms with Crippen molar-refractivity contribution in [3.8, 4) is 0 Å². The molecule has 2 fully saturated rings. The van der Waals surface area contributed by atoms with Gasteiger partial charge in [0.1, 0.15) is 0 Å². The first-order chi connectivity index (χ1) is 17.5. The molecule has 1 saturated heterocycles. The van der Waals surface area contributed by atoms with E-state index >= 15 is 0 Å². The maximum absolute atomic E-state index is 8.96. The minimum atomic E-state index is 0.359. The number of aromatic nitrogens is 2. The fourth-order valence-electron chi connectivity index (χ4n) is 5.20. The zero-order valence-electron chi connectivity index (χ0n) is 21.7. The average Bonchev–Trinajstić information content (AvgIpc) is 3.44. The van der Waals surface area contributed by atoms with E-state index in [1.807, 2.05) is 5.48 Å². The summed E-state index contributed by atoms with van der Waals surface area (Å²) in [7, 11) is 0. The van der Waals surface area contributed by atoms with Crippen molar-refractivity contribution in [1.29, 1.82) is 0 Å². The number of nitrogens with zero attached hydrogens (tertiary/aromatic N) is 3. The average molecular weight is 491 g/mol. The van der Waals surface area contributed by atoms with Gasteiger partial charge in [0.2, 0.25) is 5.95 Å². The number of hydrogen-bond donors (Lipinski definition) is 4. The van der Waals surface area contributed by atoms with E-state index in [9.17, 15) is 0 Å². The highest BCUT2D eigenvalue weighted by Gasteiger charge is 2.21. The lowest BCUT2D eigenvalue weighted by atomic mass is 9.95. The summed E-state index contributed by atoms with van der Waals surface area (Å²) in [5.74, 6) is 1.58. The summed E-state index contributed by atoms with van der Waals surface area (Å²) in [6.45, 7) is 13.9. The Morgan fingerprint density at radius 2 is 1.61 bits per heavy atom. The molecule has 1 aromatic heterocycles. The molecule has 1 aliphatic heterocycles. The van der Waals surface area contributed by atoms with E-state index in [4.69, 9.17) is 5.21 Å². The van der Waals surface area contributed by atoms with Gasteiger partial charge in [-0.05, 0) is 43.2 Å². The number of anilines is 1. The van der Waals surface area contributed by atoms with Crippen molar-refractivity contribution in [1.82, 2.24) is 26.1 Å². The van der Waals surface area contributed by atoms with Crippen molar-refractivity contribution in [3.05, 3.63) is 72.1 Å². The second-order valence-corrected chi connectivity index (χ2v) is 10.4. The van der Waals surface area contributed by atoms with Gasteiger partial charge in [-0.15, -0.1) is 0 Å². The van der Waals surface area contributed by atoms with Gasteiger partial charge in [0, 0.05) is 56.2 Å². The number of hydrogen-bond acceptors (Lipinski definition) is 7. The molecule has 4 rings (SSSR count). The molecule has 2 aliphatic rings. The molecule has 0 radical (unpaired) electrons. The standard InChI is InChI=1S/C29H42N6O/c1-21(16-24-6-4-5-7-24)22(2)30-17-25-8-10-26(11-9-25)18-31-28-12-14-35(15-13-28)29-32-19-27(20-33-29)23(3)34-36/h8-11,19-20,22,24,28,30-31,34,36H,1,3-7,12-18H2,2H3. The Morgan fingerprint density at radius 3 is 2.22 bits per heavy atom. The number of benzene rings is 1. The van der Waals surface area contributed by atoms with Gasteiger partial charge in [0.05, 0.1) is 5.70 Å². The normalized spacial score (nSPS) is 17.8. The lowest BCUT2D eigenvalue weighted by Gasteiger charge is -2.32. The van der Waals surface area contributed by atoms with Crippen molar-refractivity contribution in [2.24, 2.45) is 5.92 Å². The van der Waals surface area contributed by atoms with E-state index in [0.717, 1.165) is 50.9 Å². The molecule has 1 unspecified atom stereocenters. The third-order valence-corrected chi connectivity index (χ3v) is 7.77. The van der Waals surface area contributed by atoms with Crippen LogP contribution in [0, 0.1) is 5.92 Å². The van der Waals surface area contributed by atoms with Crippen LogP contribution in [0.5, 0.6) is 0 Å². The van der Waals surface area contributed by atoms with Gasteiger partial charge >= 0.3 is 0 Å². The smallest absolute Gasteiger partial charge is 0.225 e. The molecule has 194 valence electrons. The Hall–Kier alpha value is -2.74. The van der Waals surface area contributed by atoms with Gasteiger partial charge < -0.3 is 15.5 Å². The van der Waals surface area contributed by atoms with Crippen LogP contribution in [-0.4, -0.2) is 40.3 Å².